The van der Waals surface area contributed by atoms with E-state index in [1.165, 1.54) is 25.7 Å². The van der Waals surface area contributed by atoms with E-state index in [0.717, 1.165) is 31.5 Å². The van der Waals surface area contributed by atoms with Crippen molar-refractivity contribution in [2.24, 2.45) is 16.3 Å². The van der Waals surface area contributed by atoms with Gasteiger partial charge in [-0.3, -0.25) is 4.99 Å². The highest BCUT2D eigenvalue weighted by atomic mass is 127. The van der Waals surface area contributed by atoms with Crippen molar-refractivity contribution in [3.05, 3.63) is 0 Å². The maximum absolute atomic E-state index is 4.69. The fourth-order valence-corrected chi connectivity index (χ4v) is 2.30. The SMILES string of the molecule is CCNC(=NCC1(C2CC2)CC1)NCC.I. The van der Waals surface area contributed by atoms with Crippen molar-refractivity contribution in [3.8, 4) is 0 Å². The Kier molecular flexibility index (Phi) is 5.34. The summed E-state index contributed by atoms with van der Waals surface area (Å²) < 4.78 is 0. The Morgan fingerprint density at radius 3 is 2.12 bits per heavy atom. The van der Waals surface area contributed by atoms with Crippen molar-refractivity contribution < 1.29 is 0 Å². The molecule has 0 heterocycles. The van der Waals surface area contributed by atoms with Crippen molar-refractivity contribution in [2.45, 2.75) is 39.5 Å². The van der Waals surface area contributed by atoms with Gasteiger partial charge in [0.2, 0.25) is 0 Å². The van der Waals surface area contributed by atoms with Gasteiger partial charge in [-0.1, -0.05) is 0 Å². The normalized spacial score (nSPS) is 20.6. The fourth-order valence-electron chi connectivity index (χ4n) is 2.30. The molecule has 2 rings (SSSR count). The van der Waals surface area contributed by atoms with Gasteiger partial charge >= 0.3 is 0 Å². The minimum absolute atomic E-state index is 0. The summed E-state index contributed by atoms with van der Waals surface area (Å²) in [4.78, 5) is 4.69. The number of halogens is 1. The summed E-state index contributed by atoms with van der Waals surface area (Å²) >= 11 is 0. The van der Waals surface area contributed by atoms with Crippen LogP contribution in [0.4, 0.5) is 0 Å². The molecule has 2 N–H and O–H groups in total. The van der Waals surface area contributed by atoms with E-state index in [1.807, 2.05) is 0 Å². The number of hydrogen-bond donors (Lipinski definition) is 2. The first-order valence-electron chi connectivity index (χ1n) is 6.33. The Labute approximate surface area is 116 Å². The number of guanidine groups is 1. The van der Waals surface area contributed by atoms with Gasteiger partial charge in [0.25, 0.3) is 0 Å². The van der Waals surface area contributed by atoms with E-state index in [0.29, 0.717) is 5.41 Å². The minimum Gasteiger partial charge on any atom is -0.357 e. The molecule has 0 aromatic rings. The van der Waals surface area contributed by atoms with Crippen LogP contribution in [0.15, 0.2) is 4.99 Å². The molecule has 2 saturated carbocycles. The quantitative estimate of drug-likeness (QED) is 0.459. The van der Waals surface area contributed by atoms with Crippen molar-refractivity contribution in [1.29, 1.82) is 0 Å². The first-order chi connectivity index (χ1) is 7.30. The van der Waals surface area contributed by atoms with Crippen LogP contribution in [0.25, 0.3) is 0 Å². The second-order valence-electron chi connectivity index (χ2n) is 4.86. The highest BCUT2D eigenvalue weighted by Gasteiger charge is 2.53. The Bertz CT molecular complexity index is 237. The van der Waals surface area contributed by atoms with Gasteiger partial charge in [0.15, 0.2) is 5.96 Å². The molecule has 4 heteroatoms. The lowest BCUT2D eigenvalue weighted by Gasteiger charge is -2.13. The molecule has 2 aliphatic rings. The molecule has 94 valence electrons. The zero-order valence-electron chi connectivity index (χ0n) is 10.4. The molecule has 0 spiro atoms. The van der Waals surface area contributed by atoms with Crippen LogP contribution in [0.3, 0.4) is 0 Å². The largest absolute Gasteiger partial charge is 0.357 e. The van der Waals surface area contributed by atoms with Crippen molar-refractivity contribution in [3.63, 3.8) is 0 Å². The highest BCUT2D eigenvalue weighted by Crippen LogP contribution is 2.61. The number of nitrogens with one attached hydrogen (secondary N) is 2. The second-order valence-corrected chi connectivity index (χ2v) is 4.86. The molecule has 0 amide bonds. The van der Waals surface area contributed by atoms with E-state index in [4.69, 9.17) is 4.99 Å². The summed E-state index contributed by atoms with van der Waals surface area (Å²) in [7, 11) is 0. The van der Waals surface area contributed by atoms with E-state index in [2.05, 4.69) is 24.5 Å². The average Bonchev–Trinajstić information content (AvgIpc) is 3.06. The van der Waals surface area contributed by atoms with Gasteiger partial charge in [-0.25, -0.2) is 0 Å². The van der Waals surface area contributed by atoms with E-state index in [-0.39, 0.29) is 24.0 Å². The van der Waals surface area contributed by atoms with Crippen molar-refractivity contribution in [2.75, 3.05) is 19.6 Å². The molecule has 0 bridgehead atoms. The van der Waals surface area contributed by atoms with Gasteiger partial charge in [0.05, 0.1) is 0 Å². The summed E-state index contributed by atoms with van der Waals surface area (Å²) in [5.41, 5.74) is 0.621. The Hall–Kier alpha value is 0. The smallest absolute Gasteiger partial charge is 0.191 e. The molecular formula is C12H24IN3. The molecule has 2 aliphatic carbocycles. The molecule has 0 unspecified atom stereocenters. The third-order valence-corrected chi connectivity index (χ3v) is 3.58. The lowest BCUT2D eigenvalue weighted by atomic mass is 10.0. The van der Waals surface area contributed by atoms with Gasteiger partial charge in [-0.15, -0.1) is 24.0 Å². The molecule has 3 nitrogen and oxygen atoms in total. The van der Waals surface area contributed by atoms with Crippen LogP contribution >= 0.6 is 24.0 Å². The van der Waals surface area contributed by atoms with E-state index >= 15 is 0 Å². The first kappa shape index (κ1) is 14.1. The Balaban J connectivity index is 0.00000128. The van der Waals surface area contributed by atoms with Gasteiger partial charge in [-0.2, -0.15) is 0 Å². The molecule has 0 aromatic carbocycles. The number of nitrogens with zero attached hydrogens (tertiary/aromatic N) is 1. The molecule has 0 atom stereocenters. The maximum Gasteiger partial charge on any atom is 0.191 e. The molecule has 2 fully saturated rings. The zero-order valence-corrected chi connectivity index (χ0v) is 12.7. The van der Waals surface area contributed by atoms with Crippen molar-refractivity contribution >= 4 is 29.9 Å². The van der Waals surface area contributed by atoms with Gasteiger partial charge < -0.3 is 10.6 Å². The van der Waals surface area contributed by atoms with Crippen LogP contribution in [-0.2, 0) is 0 Å². The summed E-state index contributed by atoms with van der Waals surface area (Å²) in [6.07, 6.45) is 5.72. The third-order valence-electron chi connectivity index (χ3n) is 3.58. The summed E-state index contributed by atoms with van der Waals surface area (Å²) in [5.74, 6) is 2.00. The van der Waals surface area contributed by atoms with Crippen LogP contribution in [-0.4, -0.2) is 25.6 Å². The molecule has 0 radical (unpaired) electrons. The van der Waals surface area contributed by atoms with Gasteiger partial charge in [-0.05, 0) is 50.9 Å². The molecular weight excluding hydrogens is 313 g/mol. The minimum atomic E-state index is 0. The Morgan fingerprint density at radius 2 is 1.75 bits per heavy atom. The predicted molar refractivity (Wildman–Crippen MR) is 79.5 cm³/mol. The predicted octanol–water partition coefficient (Wildman–Crippen LogP) is 2.37. The first-order valence-corrected chi connectivity index (χ1v) is 6.33. The van der Waals surface area contributed by atoms with E-state index < -0.39 is 0 Å². The van der Waals surface area contributed by atoms with Crippen LogP contribution in [0.1, 0.15) is 39.5 Å². The van der Waals surface area contributed by atoms with Crippen LogP contribution in [0.2, 0.25) is 0 Å². The van der Waals surface area contributed by atoms with Crippen LogP contribution in [0.5, 0.6) is 0 Å². The monoisotopic (exact) mass is 337 g/mol. The molecule has 0 aromatic heterocycles. The fraction of sp³-hybridized carbons (Fsp3) is 0.917. The van der Waals surface area contributed by atoms with Crippen LogP contribution < -0.4 is 10.6 Å². The van der Waals surface area contributed by atoms with Gasteiger partial charge in [0.1, 0.15) is 0 Å². The highest BCUT2D eigenvalue weighted by molar-refractivity contribution is 14.0. The lowest BCUT2D eigenvalue weighted by molar-refractivity contribution is 0.452. The molecule has 16 heavy (non-hydrogen) atoms. The maximum atomic E-state index is 4.69. The topological polar surface area (TPSA) is 36.4 Å². The Morgan fingerprint density at radius 1 is 1.19 bits per heavy atom. The van der Waals surface area contributed by atoms with Crippen molar-refractivity contribution in [1.82, 2.24) is 10.6 Å². The summed E-state index contributed by atoms with van der Waals surface area (Å²) in [6.45, 7) is 7.15. The second kappa shape index (κ2) is 6.07. The zero-order chi connectivity index (χ0) is 10.7. The summed E-state index contributed by atoms with van der Waals surface area (Å²) in [6, 6.07) is 0. The summed E-state index contributed by atoms with van der Waals surface area (Å²) in [5, 5.41) is 6.56. The molecule has 0 saturated heterocycles. The number of rotatable bonds is 5. The van der Waals surface area contributed by atoms with Crippen LogP contribution in [0, 0.1) is 11.3 Å². The third kappa shape index (κ3) is 3.50. The van der Waals surface area contributed by atoms with E-state index in [9.17, 15) is 0 Å². The lowest BCUT2D eigenvalue weighted by Crippen LogP contribution is -2.37. The van der Waals surface area contributed by atoms with E-state index in [1.54, 1.807) is 0 Å². The molecule has 0 aliphatic heterocycles. The standard InChI is InChI=1S/C12H23N3.HI/c1-3-13-11(14-4-2)15-9-12(7-8-12)10-5-6-10;/h10H,3-9H2,1-2H3,(H2,13,14,15);1H. The number of hydrogen-bond acceptors (Lipinski definition) is 1. The number of aliphatic imine (C=N–C) groups is 1. The van der Waals surface area contributed by atoms with Gasteiger partial charge in [0, 0.05) is 19.6 Å². The average molecular weight is 337 g/mol.